The minimum Gasteiger partial charge on any atom is -0.425 e. The van der Waals surface area contributed by atoms with E-state index in [2.05, 4.69) is 62.8 Å². The van der Waals surface area contributed by atoms with Gasteiger partial charge in [-0.2, -0.15) is 0 Å². The summed E-state index contributed by atoms with van der Waals surface area (Å²) in [5.74, 6) is -4.31. The number of amides is 9. The molecule has 3 heterocycles. The van der Waals surface area contributed by atoms with E-state index in [0.29, 0.717) is 31.3 Å². The number of carbonyl (C=O) groups is 9. The van der Waals surface area contributed by atoms with Gasteiger partial charge in [0.2, 0.25) is 53.2 Å². The van der Waals surface area contributed by atoms with Crippen LogP contribution in [0, 0.1) is 59.3 Å². The van der Waals surface area contributed by atoms with Crippen molar-refractivity contribution in [3.63, 3.8) is 0 Å². The van der Waals surface area contributed by atoms with E-state index in [1.54, 1.807) is 20.8 Å². The fourth-order valence-corrected chi connectivity index (χ4v) is 9.30. The molecule has 12 N–H and O–H groups in total. The van der Waals surface area contributed by atoms with Crippen LogP contribution in [0.2, 0.25) is 0 Å². The van der Waals surface area contributed by atoms with E-state index in [-0.39, 0.29) is 188 Å². The van der Waals surface area contributed by atoms with Gasteiger partial charge in [-0.05, 0) is 78.6 Å². The van der Waals surface area contributed by atoms with Crippen molar-refractivity contribution in [2.24, 2.45) is 17.8 Å². The van der Waals surface area contributed by atoms with Crippen LogP contribution in [0.4, 0.5) is 0 Å². The molecular formula is C60H96N16O15. The Hall–Kier alpha value is -8.77. The van der Waals surface area contributed by atoms with Gasteiger partial charge in [0.1, 0.15) is 35.2 Å². The zero-order valence-electron chi connectivity index (χ0n) is 54.7. The molecule has 0 spiro atoms. The molecule has 0 aliphatic carbocycles. The molecule has 0 unspecified atom stereocenters. The van der Waals surface area contributed by atoms with Crippen LogP contribution in [0.15, 0.2) is 14.4 Å². The first kappa shape index (κ1) is 76.5. The first-order valence-electron chi connectivity index (χ1n) is 30.9. The highest BCUT2D eigenvalue weighted by Gasteiger charge is 2.26. The van der Waals surface area contributed by atoms with Gasteiger partial charge in [0.25, 0.3) is 0 Å². The van der Waals surface area contributed by atoms with E-state index < -0.39 is 88.0 Å². The number of nitrogens with zero attached hydrogens (tertiary/aromatic N) is 7. The summed E-state index contributed by atoms with van der Waals surface area (Å²) in [6.45, 7) is 21.6. The molecule has 3 atom stereocenters. The minimum atomic E-state index is -0.942. The lowest BCUT2D eigenvalue weighted by Crippen LogP contribution is -2.48. The third kappa shape index (κ3) is 26.7. The number of rotatable bonds is 39. The molecule has 91 heavy (non-hydrogen) atoms. The largest absolute Gasteiger partial charge is 0.425 e. The molecule has 0 saturated carbocycles. The molecule has 3 aromatic rings. The van der Waals surface area contributed by atoms with E-state index in [4.69, 9.17) is 0 Å². The number of aryl methyl sites for hydroxylation is 6. The maximum absolute atomic E-state index is 13.3. The summed E-state index contributed by atoms with van der Waals surface area (Å²) in [6, 6.07) is -2.83. The third-order valence-corrected chi connectivity index (χ3v) is 14.8. The highest BCUT2D eigenvalue weighted by molar-refractivity contribution is 5.90. The second kappa shape index (κ2) is 38.0. The summed E-state index contributed by atoms with van der Waals surface area (Å²) >= 11 is 0. The molecule has 506 valence electrons. The van der Waals surface area contributed by atoms with E-state index in [1.807, 2.05) is 46.4 Å². The molecule has 0 fully saturated rings. The third-order valence-electron chi connectivity index (χ3n) is 14.8. The Bertz CT molecular complexity index is 2880. The van der Waals surface area contributed by atoms with Crippen molar-refractivity contribution in [1.29, 1.82) is 0 Å². The van der Waals surface area contributed by atoms with Crippen LogP contribution < -0.4 is 64.5 Å². The summed E-state index contributed by atoms with van der Waals surface area (Å²) in [7, 11) is 0. The lowest BCUT2D eigenvalue weighted by atomic mass is 10.0. The van der Waals surface area contributed by atoms with Gasteiger partial charge in [-0.15, -0.1) is 14.2 Å². The van der Waals surface area contributed by atoms with Crippen molar-refractivity contribution >= 4 is 53.2 Å². The second-order valence-corrected chi connectivity index (χ2v) is 23.8. The predicted octanol–water partition coefficient (Wildman–Crippen LogP) is -1.12. The molecule has 31 heteroatoms. The second-order valence-electron chi connectivity index (χ2n) is 23.8. The van der Waals surface area contributed by atoms with Crippen molar-refractivity contribution in [2.75, 3.05) is 58.9 Å². The summed E-state index contributed by atoms with van der Waals surface area (Å²) < 4.78 is 1.44. The predicted molar refractivity (Wildman–Crippen MR) is 333 cm³/mol. The van der Waals surface area contributed by atoms with E-state index >= 15 is 0 Å². The lowest BCUT2D eigenvalue weighted by Gasteiger charge is -2.23. The maximum atomic E-state index is 13.3. The lowest BCUT2D eigenvalue weighted by molar-refractivity contribution is -0.129. The highest BCUT2D eigenvalue weighted by Crippen LogP contribution is 2.11. The van der Waals surface area contributed by atoms with Crippen molar-refractivity contribution in [3.05, 3.63) is 82.3 Å². The fraction of sp³-hybridized carbons (Fsp3) is 0.650. The van der Waals surface area contributed by atoms with Crippen molar-refractivity contribution in [2.45, 2.75) is 178 Å². The molecular weight excluding hydrogens is 1180 g/mol. The molecule has 0 saturated heterocycles. The van der Waals surface area contributed by atoms with Crippen LogP contribution in [-0.4, -0.2) is 180 Å². The quantitative estimate of drug-likeness (QED) is 0.0301. The van der Waals surface area contributed by atoms with Crippen LogP contribution in [0.3, 0.4) is 0 Å². The molecule has 0 aliphatic rings. The normalized spacial score (nSPS) is 12.3. The Balaban J connectivity index is 1.57. The monoisotopic (exact) mass is 1280 g/mol. The van der Waals surface area contributed by atoms with Gasteiger partial charge in [0, 0.05) is 117 Å². The van der Waals surface area contributed by atoms with Crippen LogP contribution in [0.5, 0.6) is 0 Å². The molecule has 0 aromatic carbocycles. The molecule has 0 radical (unpaired) electrons. The number of hydrogen-bond acceptors (Lipinski definition) is 19. The SMILES string of the molecule is Cc1nc(CCC(=O)N[C@@H](CC(C)C)C(=O)NCCC(=O)NCCN(CCNC(=O)CCNC(=O)[C@H](CC(C)C)NC(=O)CCc2nc(C)c(C)n(O)c2=O)CCNC(=O)CCNC(=O)[C@@H](CC(C)C)NC(=O)CCc2nc(C)c(C)n(O)c2=O)c(=O)n(O)c1C. The van der Waals surface area contributed by atoms with E-state index in [1.165, 1.54) is 20.8 Å². The Morgan fingerprint density at radius 2 is 0.615 bits per heavy atom. The van der Waals surface area contributed by atoms with E-state index in [0.717, 1.165) is 0 Å². The van der Waals surface area contributed by atoms with E-state index in [9.17, 15) is 73.2 Å². The number of aromatic nitrogens is 6. The Labute approximate surface area is 529 Å². The van der Waals surface area contributed by atoms with Gasteiger partial charge in [-0.1, -0.05) is 41.5 Å². The zero-order chi connectivity index (χ0) is 68.2. The topological polar surface area (TPSA) is 430 Å². The van der Waals surface area contributed by atoms with Gasteiger partial charge < -0.3 is 63.5 Å². The molecule has 3 rings (SSSR count). The summed E-state index contributed by atoms with van der Waals surface area (Å²) in [6.07, 6.45) is -0.260. The van der Waals surface area contributed by atoms with Gasteiger partial charge in [-0.3, -0.25) is 77.4 Å². The number of carbonyl (C=O) groups excluding carboxylic acids is 9. The maximum Gasteiger partial charge on any atom is 0.304 e. The smallest absolute Gasteiger partial charge is 0.304 e. The highest BCUT2D eigenvalue weighted by atomic mass is 16.5. The molecule has 3 aromatic heterocycles. The van der Waals surface area contributed by atoms with Crippen molar-refractivity contribution < 1.29 is 58.8 Å². The van der Waals surface area contributed by atoms with Crippen molar-refractivity contribution in [3.8, 4) is 0 Å². The standard InChI is InChI=1S/C60H96N16O15/c1-34(2)31-46(70-52(80)16-13-43-58(86)74(89)40(10)37(7)67-43)55(83)64-22-19-49(77)61-25-28-73(29-26-62-50(78)20-23-65-56(84)47(32-35(3)4)71-53(81)17-14-44-59(87)75(90)41(11)38(8)68-44)30-27-63-51(79)21-24-66-57(85)48(33-36(5)6)72-54(82)18-15-45-60(88)76(91)42(12)39(9)69-45/h34-36,46-48,89-91H,13-33H2,1-12H3,(H,61,77)(H,62,78)(H,63,79)(H,64,83)(H,65,84)(H,66,85)(H,70,80)(H,71,81)(H,72,82)/t46-,47-,48+/m0/s1. The van der Waals surface area contributed by atoms with Crippen LogP contribution >= 0.6 is 0 Å². The molecule has 0 aliphatic heterocycles. The summed E-state index contributed by atoms with van der Waals surface area (Å²) in [5, 5.41) is 54.8. The zero-order valence-corrected chi connectivity index (χ0v) is 54.7. The number of nitrogens with one attached hydrogen (secondary N) is 9. The summed E-state index contributed by atoms with van der Waals surface area (Å²) in [5.41, 5.74) is -0.156. The van der Waals surface area contributed by atoms with Crippen LogP contribution in [0.25, 0.3) is 0 Å². The fourth-order valence-electron chi connectivity index (χ4n) is 9.30. The first-order valence-corrected chi connectivity index (χ1v) is 30.9. The van der Waals surface area contributed by atoms with Gasteiger partial charge in [-0.25, -0.2) is 0 Å². The Kier molecular flexibility index (Phi) is 32.0. The van der Waals surface area contributed by atoms with Gasteiger partial charge >= 0.3 is 16.7 Å². The molecule has 9 amide bonds. The average molecular weight is 1280 g/mol. The average Bonchev–Trinajstić information content (AvgIpc) is 1.94. The Morgan fingerprint density at radius 1 is 0.374 bits per heavy atom. The van der Waals surface area contributed by atoms with Crippen LogP contribution in [-0.2, 0) is 62.4 Å². The Morgan fingerprint density at radius 3 is 0.846 bits per heavy atom. The van der Waals surface area contributed by atoms with Gasteiger partial charge in [0.05, 0.1) is 34.2 Å². The summed E-state index contributed by atoms with van der Waals surface area (Å²) in [4.78, 5) is 170. The first-order chi connectivity index (χ1) is 42.8. The molecule has 31 nitrogen and oxygen atoms in total. The molecule has 0 bridgehead atoms. The minimum absolute atomic E-state index is 0.00302. The number of hydrogen-bond donors (Lipinski definition) is 12. The van der Waals surface area contributed by atoms with Crippen molar-refractivity contribution in [1.82, 2.24) is 81.9 Å². The van der Waals surface area contributed by atoms with Gasteiger partial charge in [0.15, 0.2) is 0 Å². The van der Waals surface area contributed by atoms with Crippen LogP contribution in [0.1, 0.15) is 151 Å².